The highest BCUT2D eigenvalue weighted by Gasteiger charge is 2.31. The van der Waals surface area contributed by atoms with Gasteiger partial charge in [0.25, 0.3) is 0 Å². The fourth-order valence-electron chi connectivity index (χ4n) is 3.72. The van der Waals surface area contributed by atoms with Gasteiger partial charge in [-0.1, -0.05) is 32.1 Å². The van der Waals surface area contributed by atoms with Crippen molar-refractivity contribution in [1.29, 1.82) is 0 Å². The van der Waals surface area contributed by atoms with Crippen molar-refractivity contribution in [2.45, 2.75) is 70.3 Å². The second kappa shape index (κ2) is 7.68. The lowest BCUT2D eigenvalue weighted by Crippen LogP contribution is -2.34. The van der Waals surface area contributed by atoms with Gasteiger partial charge in [0.05, 0.1) is 6.10 Å². The Morgan fingerprint density at radius 1 is 1.00 bits per heavy atom. The third-order valence-corrected chi connectivity index (χ3v) is 4.96. The molecule has 0 bridgehead atoms. The minimum atomic E-state index is 0.576. The smallest absolute Gasteiger partial charge is 0.0605 e. The Balaban J connectivity index is 1.90. The van der Waals surface area contributed by atoms with Gasteiger partial charge in [0.1, 0.15) is 0 Å². The van der Waals surface area contributed by atoms with Crippen molar-refractivity contribution in [1.82, 2.24) is 0 Å². The monoisotopic (exact) mass is 256 g/mol. The Hall–Kier alpha value is 0.310. The summed E-state index contributed by atoms with van der Waals surface area (Å²) in [6, 6.07) is 0. The van der Waals surface area contributed by atoms with Gasteiger partial charge in [-0.05, 0) is 49.7 Å². The van der Waals surface area contributed by atoms with Crippen LogP contribution >= 0.6 is 12.6 Å². The van der Waals surface area contributed by atoms with Gasteiger partial charge in [-0.15, -0.1) is 0 Å². The molecule has 0 aromatic carbocycles. The molecule has 2 fully saturated rings. The maximum Gasteiger partial charge on any atom is 0.0605 e. The maximum atomic E-state index is 6.07. The molecule has 1 nitrogen and oxygen atoms in total. The first kappa shape index (κ1) is 13.7. The van der Waals surface area contributed by atoms with Crippen LogP contribution in [-0.4, -0.2) is 18.5 Å². The van der Waals surface area contributed by atoms with Crippen molar-refractivity contribution < 1.29 is 4.74 Å². The van der Waals surface area contributed by atoms with Crippen molar-refractivity contribution in [2.24, 2.45) is 11.8 Å². The van der Waals surface area contributed by atoms with Gasteiger partial charge >= 0.3 is 0 Å². The molecule has 100 valence electrons. The first-order valence-electron chi connectivity index (χ1n) is 7.64. The van der Waals surface area contributed by atoms with Gasteiger partial charge in [0.2, 0.25) is 0 Å². The Morgan fingerprint density at radius 3 is 2.41 bits per heavy atom. The summed E-state index contributed by atoms with van der Waals surface area (Å²) in [7, 11) is 0. The van der Waals surface area contributed by atoms with Crippen LogP contribution in [0.2, 0.25) is 0 Å². The average Bonchev–Trinajstić information content (AvgIpc) is 2.42. The molecule has 1 heterocycles. The van der Waals surface area contributed by atoms with E-state index in [2.05, 4.69) is 12.6 Å². The van der Waals surface area contributed by atoms with Crippen LogP contribution in [0.5, 0.6) is 0 Å². The molecule has 0 aromatic heterocycles. The molecule has 17 heavy (non-hydrogen) atoms. The summed E-state index contributed by atoms with van der Waals surface area (Å²) in [5, 5.41) is 0. The third-order valence-electron chi connectivity index (χ3n) is 4.64. The van der Waals surface area contributed by atoms with E-state index in [-0.39, 0.29) is 0 Å². The molecule has 0 radical (unpaired) electrons. The van der Waals surface area contributed by atoms with E-state index in [1.165, 1.54) is 64.2 Å². The lowest BCUT2D eigenvalue weighted by Gasteiger charge is -2.37. The van der Waals surface area contributed by atoms with Crippen LogP contribution in [0.15, 0.2) is 0 Å². The van der Waals surface area contributed by atoms with E-state index in [9.17, 15) is 0 Å². The summed E-state index contributed by atoms with van der Waals surface area (Å²) in [4.78, 5) is 0. The Bertz CT molecular complexity index is 177. The number of hydrogen-bond acceptors (Lipinski definition) is 2. The molecule has 2 heteroatoms. The predicted molar refractivity (Wildman–Crippen MR) is 76.7 cm³/mol. The quantitative estimate of drug-likeness (QED) is 0.714. The number of ether oxygens (including phenoxy) is 1. The van der Waals surface area contributed by atoms with Crippen LogP contribution in [0.3, 0.4) is 0 Å². The third kappa shape index (κ3) is 4.17. The fourth-order valence-corrected chi connectivity index (χ4v) is 3.90. The van der Waals surface area contributed by atoms with Crippen molar-refractivity contribution in [3.05, 3.63) is 0 Å². The summed E-state index contributed by atoms with van der Waals surface area (Å²) >= 11 is 4.38. The lowest BCUT2D eigenvalue weighted by molar-refractivity contribution is -0.0452. The normalized spacial score (nSPS) is 29.1. The van der Waals surface area contributed by atoms with Crippen LogP contribution in [0.4, 0.5) is 0 Å². The minimum absolute atomic E-state index is 0.576. The van der Waals surface area contributed by atoms with Gasteiger partial charge in [0, 0.05) is 6.61 Å². The molecule has 1 saturated carbocycles. The van der Waals surface area contributed by atoms with Crippen LogP contribution in [-0.2, 0) is 4.74 Å². The Kier molecular flexibility index (Phi) is 6.21. The van der Waals surface area contributed by atoms with Crippen LogP contribution < -0.4 is 0 Å². The Labute approximate surface area is 112 Å². The van der Waals surface area contributed by atoms with E-state index in [1.807, 2.05) is 0 Å². The van der Waals surface area contributed by atoms with E-state index in [1.54, 1.807) is 0 Å². The fraction of sp³-hybridized carbons (Fsp3) is 1.00. The molecular weight excluding hydrogens is 228 g/mol. The summed E-state index contributed by atoms with van der Waals surface area (Å²) in [5.41, 5.74) is 0. The highest BCUT2D eigenvalue weighted by atomic mass is 32.1. The van der Waals surface area contributed by atoms with Gasteiger partial charge in [-0.2, -0.15) is 12.6 Å². The van der Waals surface area contributed by atoms with E-state index in [4.69, 9.17) is 4.74 Å². The molecule has 1 aliphatic heterocycles. The molecular formula is C15H28OS. The molecule has 2 rings (SSSR count). The second-order valence-corrected chi connectivity index (χ2v) is 6.28. The largest absolute Gasteiger partial charge is 0.378 e. The average molecular weight is 256 g/mol. The Morgan fingerprint density at radius 2 is 1.76 bits per heavy atom. The first-order valence-corrected chi connectivity index (χ1v) is 8.27. The van der Waals surface area contributed by atoms with Crippen molar-refractivity contribution >= 4 is 12.6 Å². The summed E-state index contributed by atoms with van der Waals surface area (Å²) in [6.07, 6.45) is 14.4. The van der Waals surface area contributed by atoms with Crippen LogP contribution in [0.1, 0.15) is 64.2 Å². The van der Waals surface area contributed by atoms with Gasteiger partial charge < -0.3 is 4.74 Å². The van der Waals surface area contributed by atoms with Crippen LogP contribution in [0.25, 0.3) is 0 Å². The molecule has 1 saturated heterocycles. The molecule has 0 N–H and O–H groups in total. The summed E-state index contributed by atoms with van der Waals surface area (Å²) in [6.45, 7) is 1.01. The number of hydrogen-bond donors (Lipinski definition) is 1. The second-order valence-electron chi connectivity index (χ2n) is 5.83. The van der Waals surface area contributed by atoms with Gasteiger partial charge in [-0.3, -0.25) is 0 Å². The molecule has 2 aliphatic rings. The molecule has 1 aliphatic carbocycles. The van der Waals surface area contributed by atoms with Crippen molar-refractivity contribution in [3.63, 3.8) is 0 Å². The zero-order valence-electron chi connectivity index (χ0n) is 11.1. The zero-order valence-corrected chi connectivity index (χ0v) is 12.0. The topological polar surface area (TPSA) is 9.23 Å². The predicted octanol–water partition coefficient (Wildman–Crippen LogP) is 4.46. The lowest BCUT2D eigenvalue weighted by atomic mass is 9.74. The van der Waals surface area contributed by atoms with E-state index in [0.717, 1.165) is 24.2 Å². The zero-order chi connectivity index (χ0) is 11.9. The molecule has 0 spiro atoms. The maximum absolute atomic E-state index is 6.07. The molecule has 0 amide bonds. The standard InChI is InChI=1S/C15H28OS/c17-12-6-9-14(13-7-2-1-3-8-13)15-10-4-5-11-16-15/h13-15,17H,1-12H2. The molecule has 0 aromatic rings. The van der Waals surface area contributed by atoms with Crippen molar-refractivity contribution in [2.75, 3.05) is 12.4 Å². The highest BCUT2D eigenvalue weighted by molar-refractivity contribution is 7.80. The first-order chi connectivity index (χ1) is 8.42. The van der Waals surface area contributed by atoms with E-state index in [0.29, 0.717) is 6.10 Å². The summed E-state index contributed by atoms with van der Waals surface area (Å²) in [5.74, 6) is 2.82. The van der Waals surface area contributed by atoms with Gasteiger partial charge in [-0.25, -0.2) is 0 Å². The minimum Gasteiger partial charge on any atom is -0.378 e. The highest BCUT2D eigenvalue weighted by Crippen LogP contribution is 2.37. The van der Waals surface area contributed by atoms with Crippen LogP contribution in [0, 0.1) is 11.8 Å². The van der Waals surface area contributed by atoms with E-state index < -0.39 is 0 Å². The number of thiol groups is 1. The molecule has 2 unspecified atom stereocenters. The molecule has 2 atom stereocenters. The van der Waals surface area contributed by atoms with Crippen molar-refractivity contribution in [3.8, 4) is 0 Å². The van der Waals surface area contributed by atoms with E-state index >= 15 is 0 Å². The number of rotatable bonds is 5. The van der Waals surface area contributed by atoms with Gasteiger partial charge in [0.15, 0.2) is 0 Å². The SMILES string of the molecule is SCCCC(C1CCCCC1)C1CCCCO1. The summed E-state index contributed by atoms with van der Waals surface area (Å²) < 4.78 is 6.07.